The Morgan fingerprint density at radius 1 is 1.17 bits per heavy atom. The van der Waals surface area contributed by atoms with Crippen molar-refractivity contribution in [2.75, 3.05) is 13.1 Å². The molecule has 0 saturated carbocycles. The summed E-state index contributed by atoms with van der Waals surface area (Å²) < 4.78 is 5.82. The Morgan fingerprint density at radius 3 is 2.71 bits per heavy atom. The van der Waals surface area contributed by atoms with Gasteiger partial charge in [-0.3, -0.25) is 9.59 Å². The largest absolute Gasteiger partial charge is 0.489 e. The molecule has 3 rings (SSSR count). The van der Waals surface area contributed by atoms with Gasteiger partial charge in [-0.05, 0) is 23.3 Å². The lowest BCUT2D eigenvalue weighted by Gasteiger charge is -2.15. The van der Waals surface area contributed by atoms with Crippen molar-refractivity contribution >= 4 is 11.9 Å². The second-order valence-electron chi connectivity index (χ2n) is 5.92. The zero-order valence-electron chi connectivity index (χ0n) is 13.2. The number of carboxylic acid groups (broad SMARTS) is 1. The zero-order valence-corrected chi connectivity index (χ0v) is 13.2. The smallest absolute Gasteiger partial charge is 0.323 e. The Balaban J connectivity index is 1.65. The van der Waals surface area contributed by atoms with Crippen molar-refractivity contribution in [1.82, 2.24) is 4.90 Å². The SMILES string of the molecule is O=C(O)CN1CC(c2cccc(OCc3ccccc3)c2)CC1=O. The third-order valence-electron chi connectivity index (χ3n) is 4.12. The molecular weight excluding hydrogens is 306 g/mol. The number of hydrogen-bond donors (Lipinski definition) is 1. The van der Waals surface area contributed by atoms with Crippen molar-refractivity contribution < 1.29 is 19.4 Å². The van der Waals surface area contributed by atoms with Gasteiger partial charge in [0.1, 0.15) is 18.9 Å². The van der Waals surface area contributed by atoms with Crippen LogP contribution in [-0.4, -0.2) is 35.0 Å². The highest BCUT2D eigenvalue weighted by atomic mass is 16.5. The predicted octanol–water partition coefficient (Wildman–Crippen LogP) is 2.67. The second-order valence-corrected chi connectivity index (χ2v) is 5.92. The normalized spacial score (nSPS) is 17.1. The van der Waals surface area contributed by atoms with Gasteiger partial charge in [-0.1, -0.05) is 42.5 Å². The summed E-state index contributed by atoms with van der Waals surface area (Å²) in [5, 5.41) is 8.86. The summed E-state index contributed by atoms with van der Waals surface area (Å²) in [4.78, 5) is 24.1. The molecule has 124 valence electrons. The first-order valence-corrected chi connectivity index (χ1v) is 7.88. The van der Waals surface area contributed by atoms with Crippen LogP contribution in [0.15, 0.2) is 54.6 Å². The maximum atomic E-state index is 11.9. The maximum Gasteiger partial charge on any atom is 0.323 e. The van der Waals surface area contributed by atoms with Gasteiger partial charge in [-0.2, -0.15) is 0 Å². The average Bonchev–Trinajstić information content (AvgIpc) is 2.94. The lowest BCUT2D eigenvalue weighted by Crippen LogP contribution is -2.30. The molecule has 1 amide bonds. The second kappa shape index (κ2) is 7.17. The number of benzene rings is 2. The topological polar surface area (TPSA) is 66.8 Å². The molecular formula is C19H19NO4. The van der Waals surface area contributed by atoms with Crippen LogP contribution in [0.4, 0.5) is 0 Å². The van der Waals surface area contributed by atoms with E-state index in [1.165, 1.54) is 4.90 Å². The number of amides is 1. The van der Waals surface area contributed by atoms with Crippen molar-refractivity contribution in [2.24, 2.45) is 0 Å². The monoisotopic (exact) mass is 325 g/mol. The van der Waals surface area contributed by atoms with Gasteiger partial charge in [0.2, 0.25) is 5.91 Å². The van der Waals surface area contributed by atoms with E-state index in [4.69, 9.17) is 9.84 Å². The Labute approximate surface area is 140 Å². The first-order valence-electron chi connectivity index (χ1n) is 7.88. The average molecular weight is 325 g/mol. The summed E-state index contributed by atoms with van der Waals surface area (Å²) in [6.45, 7) is 0.686. The number of carbonyl (C=O) groups is 2. The predicted molar refractivity (Wildman–Crippen MR) is 88.8 cm³/mol. The van der Waals surface area contributed by atoms with Gasteiger partial charge in [0.25, 0.3) is 0 Å². The number of carbonyl (C=O) groups excluding carboxylic acids is 1. The van der Waals surface area contributed by atoms with Crippen LogP contribution in [0.2, 0.25) is 0 Å². The fourth-order valence-corrected chi connectivity index (χ4v) is 2.91. The Kier molecular flexibility index (Phi) is 4.79. The number of likely N-dealkylation sites (tertiary alicyclic amines) is 1. The Hall–Kier alpha value is -2.82. The minimum Gasteiger partial charge on any atom is -0.489 e. The van der Waals surface area contributed by atoms with Crippen molar-refractivity contribution in [2.45, 2.75) is 18.9 Å². The van der Waals surface area contributed by atoms with Crippen molar-refractivity contribution in [3.63, 3.8) is 0 Å². The third kappa shape index (κ3) is 3.93. The van der Waals surface area contributed by atoms with Gasteiger partial charge in [-0.25, -0.2) is 0 Å². The molecule has 2 aromatic rings. The van der Waals surface area contributed by atoms with E-state index >= 15 is 0 Å². The fraction of sp³-hybridized carbons (Fsp3) is 0.263. The summed E-state index contributed by atoms with van der Waals surface area (Å²) in [5.41, 5.74) is 2.09. The lowest BCUT2D eigenvalue weighted by molar-refractivity contribution is -0.142. The first kappa shape index (κ1) is 16.1. The third-order valence-corrected chi connectivity index (χ3v) is 4.12. The molecule has 1 unspecified atom stereocenters. The van der Waals surface area contributed by atoms with Gasteiger partial charge in [0.05, 0.1) is 0 Å². The van der Waals surface area contributed by atoms with Gasteiger partial charge in [-0.15, -0.1) is 0 Å². The number of carboxylic acids is 1. The number of ether oxygens (including phenoxy) is 1. The maximum absolute atomic E-state index is 11.9. The Morgan fingerprint density at radius 2 is 1.96 bits per heavy atom. The van der Waals surface area contributed by atoms with E-state index in [-0.39, 0.29) is 18.4 Å². The molecule has 1 saturated heterocycles. The van der Waals surface area contributed by atoms with Crippen LogP contribution in [-0.2, 0) is 16.2 Å². The van der Waals surface area contributed by atoms with Gasteiger partial charge >= 0.3 is 5.97 Å². The Bertz CT molecular complexity index is 729. The van der Waals surface area contributed by atoms with Crippen molar-refractivity contribution in [1.29, 1.82) is 0 Å². The molecule has 1 N–H and O–H groups in total. The van der Waals surface area contributed by atoms with Crippen LogP contribution >= 0.6 is 0 Å². The molecule has 24 heavy (non-hydrogen) atoms. The summed E-state index contributed by atoms with van der Waals surface area (Å²) in [6, 6.07) is 17.6. The quantitative estimate of drug-likeness (QED) is 0.887. The molecule has 1 aliphatic heterocycles. The molecule has 2 aromatic carbocycles. The highest BCUT2D eigenvalue weighted by Gasteiger charge is 2.31. The van der Waals surface area contributed by atoms with E-state index in [1.54, 1.807) is 0 Å². The van der Waals surface area contributed by atoms with Crippen LogP contribution in [0.3, 0.4) is 0 Å². The minimum atomic E-state index is -0.982. The molecule has 0 radical (unpaired) electrons. The van der Waals surface area contributed by atoms with Gasteiger partial charge in [0.15, 0.2) is 0 Å². The molecule has 0 aliphatic carbocycles. The van der Waals surface area contributed by atoms with E-state index in [0.717, 1.165) is 16.9 Å². The number of nitrogens with zero attached hydrogens (tertiary/aromatic N) is 1. The molecule has 5 heteroatoms. The van der Waals surface area contributed by atoms with Crippen LogP contribution in [0.1, 0.15) is 23.5 Å². The summed E-state index contributed by atoms with van der Waals surface area (Å²) >= 11 is 0. The van der Waals surface area contributed by atoms with E-state index in [9.17, 15) is 9.59 Å². The van der Waals surface area contributed by atoms with Crippen LogP contribution < -0.4 is 4.74 Å². The number of hydrogen-bond acceptors (Lipinski definition) is 3. The lowest BCUT2D eigenvalue weighted by atomic mass is 9.98. The van der Waals surface area contributed by atoms with E-state index in [1.807, 2.05) is 54.6 Å². The van der Waals surface area contributed by atoms with E-state index in [0.29, 0.717) is 19.6 Å². The standard InChI is InChI=1S/C19H19NO4/c21-18-10-16(11-20(18)12-19(22)23)15-7-4-8-17(9-15)24-13-14-5-2-1-3-6-14/h1-9,16H,10-13H2,(H,22,23). The van der Waals surface area contributed by atoms with Crippen LogP contribution in [0.5, 0.6) is 5.75 Å². The summed E-state index contributed by atoms with van der Waals surface area (Å²) in [5.74, 6) is -0.334. The zero-order chi connectivity index (χ0) is 16.9. The molecule has 0 bridgehead atoms. The number of aliphatic carboxylic acids is 1. The first-order chi connectivity index (χ1) is 11.6. The highest BCUT2D eigenvalue weighted by Crippen LogP contribution is 2.30. The van der Waals surface area contributed by atoms with Crippen molar-refractivity contribution in [3.8, 4) is 5.75 Å². The van der Waals surface area contributed by atoms with Crippen LogP contribution in [0, 0.1) is 0 Å². The summed E-state index contributed by atoms with van der Waals surface area (Å²) in [7, 11) is 0. The number of rotatable bonds is 6. The molecule has 0 aromatic heterocycles. The van der Waals surface area contributed by atoms with Gasteiger partial charge < -0.3 is 14.7 Å². The van der Waals surface area contributed by atoms with E-state index in [2.05, 4.69) is 0 Å². The summed E-state index contributed by atoms with van der Waals surface area (Å²) in [6.07, 6.45) is 0.343. The molecule has 5 nitrogen and oxygen atoms in total. The van der Waals surface area contributed by atoms with Gasteiger partial charge in [0, 0.05) is 18.9 Å². The van der Waals surface area contributed by atoms with Crippen LogP contribution in [0.25, 0.3) is 0 Å². The molecule has 1 fully saturated rings. The van der Waals surface area contributed by atoms with Crippen molar-refractivity contribution in [3.05, 3.63) is 65.7 Å². The molecule has 0 spiro atoms. The molecule has 1 atom stereocenters. The highest BCUT2D eigenvalue weighted by molar-refractivity contribution is 5.84. The fourth-order valence-electron chi connectivity index (χ4n) is 2.91. The minimum absolute atomic E-state index is 0.0112. The molecule has 1 aliphatic rings. The van der Waals surface area contributed by atoms with E-state index < -0.39 is 5.97 Å². The molecule has 1 heterocycles.